The van der Waals surface area contributed by atoms with Crippen LogP contribution in [-0.4, -0.2) is 15.1 Å². The molecule has 0 bridgehead atoms. The van der Waals surface area contributed by atoms with Crippen molar-refractivity contribution in [3.63, 3.8) is 0 Å². The molecule has 2 aromatic rings. The van der Waals surface area contributed by atoms with Crippen molar-refractivity contribution < 1.29 is 13.9 Å². The van der Waals surface area contributed by atoms with E-state index in [9.17, 15) is 13.9 Å². The van der Waals surface area contributed by atoms with Gasteiger partial charge in [0.15, 0.2) is 11.6 Å². The second-order valence-corrected chi connectivity index (χ2v) is 3.18. The van der Waals surface area contributed by atoms with Crippen molar-refractivity contribution in [2.45, 2.75) is 6.10 Å². The van der Waals surface area contributed by atoms with E-state index in [1.807, 2.05) is 0 Å². The normalized spacial score (nSPS) is 12.4. The summed E-state index contributed by atoms with van der Waals surface area (Å²) < 4.78 is 26.3. The van der Waals surface area contributed by atoms with Gasteiger partial charge < -0.3 is 5.11 Å². The van der Waals surface area contributed by atoms with Crippen molar-refractivity contribution in [2.24, 2.45) is 0 Å². The number of rotatable bonds is 2. The molecule has 0 aliphatic heterocycles. The Morgan fingerprint density at radius 3 is 2.69 bits per heavy atom. The monoisotopic (exact) mass is 222 g/mol. The Kier molecular flexibility index (Phi) is 2.87. The Morgan fingerprint density at radius 2 is 2.00 bits per heavy atom. The van der Waals surface area contributed by atoms with Gasteiger partial charge in [-0.2, -0.15) is 0 Å². The van der Waals surface area contributed by atoms with Crippen LogP contribution in [0, 0.1) is 11.6 Å². The first-order valence-electron chi connectivity index (χ1n) is 4.58. The van der Waals surface area contributed by atoms with Crippen LogP contribution in [0.4, 0.5) is 8.78 Å². The summed E-state index contributed by atoms with van der Waals surface area (Å²) in [6, 6.07) is 3.62. The first-order chi connectivity index (χ1) is 7.70. The fraction of sp³-hybridized carbons (Fsp3) is 0.0909. The van der Waals surface area contributed by atoms with Crippen LogP contribution in [0.25, 0.3) is 0 Å². The minimum Gasteiger partial charge on any atom is -0.382 e. The van der Waals surface area contributed by atoms with Gasteiger partial charge in [0.1, 0.15) is 6.10 Å². The fourth-order valence-corrected chi connectivity index (χ4v) is 1.34. The molecular weight excluding hydrogens is 214 g/mol. The van der Waals surface area contributed by atoms with Gasteiger partial charge in [0, 0.05) is 18.0 Å². The van der Waals surface area contributed by atoms with Crippen LogP contribution in [0.5, 0.6) is 0 Å². The Morgan fingerprint density at radius 1 is 1.19 bits per heavy atom. The predicted octanol–water partition coefficient (Wildman–Crippen LogP) is 1.84. The fourth-order valence-electron chi connectivity index (χ4n) is 1.34. The second-order valence-electron chi connectivity index (χ2n) is 3.18. The highest BCUT2D eigenvalue weighted by Gasteiger charge is 2.18. The predicted molar refractivity (Wildman–Crippen MR) is 52.5 cm³/mol. The summed E-state index contributed by atoms with van der Waals surface area (Å²) in [5.74, 6) is -2.07. The number of benzene rings is 1. The largest absolute Gasteiger partial charge is 0.382 e. The minimum atomic E-state index is -1.32. The molecule has 0 radical (unpaired) electrons. The molecular formula is C11H8F2N2O. The van der Waals surface area contributed by atoms with Gasteiger partial charge in [-0.25, -0.2) is 8.78 Å². The molecule has 0 amide bonds. The zero-order valence-electron chi connectivity index (χ0n) is 8.14. The molecule has 1 atom stereocenters. The Hall–Kier alpha value is -1.88. The van der Waals surface area contributed by atoms with Crippen molar-refractivity contribution in [1.82, 2.24) is 9.97 Å². The van der Waals surface area contributed by atoms with E-state index >= 15 is 0 Å². The number of aliphatic hydroxyl groups is 1. The van der Waals surface area contributed by atoms with Gasteiger partial charge in [-0.05, 0) is 6.07 Å². The molecule has 1 aromatic carbocycles. The number of hydrogen-bond acceptors (Lipinski definition) is 3. The number of aliphatic hydroxyl groups excluding tert-OH is 1. The molecule has 1 unspecified atom stereocenters. The molecule has 0 saturated heterocycles. The molecule has 0 aliphatic rings. The lowest BCUT2D eigenvalue weighted by Crippen LogP contribution is -2.06. The number of hydrogen-bond donors (Lipinski definition) is 1. The highest BCUT2D eigenvalue weighted by atomic mass is 19.2. The lowest BCUT2D eigenvalue weighted by Gasteiger charge is -2.10. The maximum absolute atomic E-state index is 13.4. The Bertz CT molecular complexity index is 491. The van der Waals surface area contributed by atoms with E-state index in [4.69, 9.17) is 0 Å². The van der Waals surface area contributed by atoms with Gasteiger partial charge in [-0.3, -0.25) is 9.97 Å². The maximum Gasteiger partial charge on any atom is 0.165 e. The lowest BCUT2D eigenvalue weighted by molar-refractivity contribution is 0.208. The number of aromatic nitrogens is 2. The van der Waals surface area contributed by atoms with Crippen molar-refractivity contribution >= 4 is 0 Å². The van der Waals surface area contributed by atoms with Gasteiger partial charge in [-0.15, -0.1) is 0 Å². The summed E-state index contributed by atoms with van der Waals surface area (Å²) in [6.45, 7) is 0. The Balaban J connectivity index is 2.42. The molecule has 1 aromatic heterocycles. The molecule has 0 saturated carbocycles. The van der Waals surface area contributed by atoms with Gasteiger partial charge in [0.25, 0.3) is 0 Å². The van der Waals surface area contributed by atoms with Crippen LogP contribution in [0.15, 0.2) is 36.8 Å². The quantitative estimate of drug-likeness (QED) is 0.843. The molecule has 1 N–H and O–H groups in total. The van der Waals surface area contributed by atoms with Crippen molar-refractivity contribution in [3.05, 3.63) is 59.7 Å². The van der Waals surface area contributed by atoms with Crippen molar-refractivity contribution in [2.75, 3.05) is 0 Å². The molecule has 5 heteroatoms. The van der Waals surface area contributed by atoms with Gasteiger partial charge >= 0.3 is 0 Å². The van der Waals surface area contributed by atoms with E-state index in [0.29, 0.717) is 0 Å². The topological polar surface area (TPSA) is 46.0 Å². The number of nitrogens with zero attached hydrogens (tertiary/aromatic N) is 2. The molecule has 0 aliphatic carbocycles. The minimum absolute atomic E-state index is 0.152. The molecule has 1 heterocycles. The van der Waals surface area contributed by atoms with Gasteiger partial charge in [-0.1, -0.05) is 12.1 Å². The van der Waals surface area contributed by atoms with Crippen molar-refractivity contribution in [3.8, 4) is 0 Å². The summed E-state index contributed by atoms with van der Waals surface area (Å²) >= 11 is 0. The first kappa shape index (κ1) is 10.6. The van der Waals surface area contributed by atoms with Crippen LogP contribution in [0.1, 0.15) is 17.4 Å². The van der Waals surface area contributed by atoms with E-state index < -0.39 is 17.7 Å². The zero-order valence-corrected chi connectivity index (χ0v) is 8.14. The average Bonchev–Trinajstić information content (AvgIpc) is 2.33. The van der Waals surface area contributed by atoms with E-state index in [1.165, 1.54) is 30.7 Å². The molecule has 0 spiro atoms. The average molecular weight is 222 g/mol. The standard InChI is InChI=1S/C11H8F2N2O/c12-8-3-1-2-7(10(8)13)11(16)9-6-14-4-5-15-9/h1-6,11,16H. The van der Waals surface area contributed by atoms with E-state index in [2.05, 4.69) is 9.97 Å². The second kappa shape index (κ2) is 4.32. The van der Waals surface area contributed by atoms with Crippen molar-refractivity contribution in [1.29, 1.82) is 0 Å². The van der Waals surface area contributed by atoms with E-state index in [0.717, 1.165) is 6.07 Å². The third kappa shape index (κ3) is 1.90. The molecule has 2 rings (SSSR count). The van der Waals surface area contributed by atoms with Gasteiger partial charge in [0.05, 0.1) is 11.9 Å². The van der Waals surface area contributed by atoms with E-state index in [-0.39, 0.29) is 11.3 Å². The summed E-state index contributed by atoms with van der Waals surface area (Å²) in [5.41, 5.74) is 0.0208. The Labute approximate surface area is 90.4 Å². The summed E-state index contributed by atoms with van der Waals surface area (Å²) in [6.07, 6.45) is 2.78. The molecule has 16 heavy (non-hydrogen) atoms. The lowest BCUT2D eigenvalue weighted by atomic mass is 10.1. The van der Waals surface area contributed by atoms with Crippen LogP contribution in [0.2, 0.25) is 0 Å². The van der Waals surface area contributed by atoms with Crippen LogP contribution < -0.4 is 0 Å². The summed E-state index contributed by atoms with van der Waals surface area (Å²) in [5, 5.41) is 9.79. The summed E-state index contributed by atoms with van der Waals surface area (Å²) in [4.78, 5) is 7.57. The highest BCUT2D eigenvalue weighted by Crippen LogP contribution is 2.23. The SMILES string of the molecule is OC(c1cnccn1)c1cccc(F)c1F. The smallest absolute Gasteiger partial charge is 0.165 e. The van der Waals surface area contributed by atoms with Crippen LogP contribution in [-0.2, 0) is 0 Å². The highest BCUT2D eigenvalue weighted by molar-refractivity contribution is 5.26. The first-order valence-corrected chi connectivity index (χ1v) is 4.58. The third-order valence-electron chi connectivity index (χ3n) is 2.14. The van der Waals surface area contributed by atoms with Crippen LogP contribution in [0.3, 0.4) is 0 Å². The molecule has 82 valence electrons. The van der Waals surface area contributed by atoms with E-state index in [1.54, 1.807) is 0 Å². The molecule has 3 nitrogen and oxygen atoms in total. The van der Waals surface area contributed by atoms with Crippen LogP contribution >= 0.6 is 0 Å². The summed E-state index contributed by atoms with van der Waals surface area (Å²) in [7, 11) is 0. The molecule has 0 fully saturated rings. The number of halogens is 2. The maximum atomic E-state index is 13.4. The third-order valence-corrected chi connectivity index (χ3v) is 2.14. The van der Waals surface area contributed by atoms with Gasteiger partial charge in [0.2, 0.25) is 0 Å². The zero-order chi connectivity index (χ0) is 11.5.